The smallest absolute Gasteiger partial charge is 0.256 e. The van der Waals surface area contributed by atoms with Gasteiger partial charge in [0.2, 0.25) is 5.91 Å². The van der Waals surface area contributed by atoms with Crippen LogP contribution in [0.25, 0.3) is 0 Å². The molecule has 0 spiro atoms. The quantitative estimate of drug-likeness (QED) is 0.539. The van der Waals surface area contributed by atoms with Crippen molar-refractivity contribution in [1.29, 1.82) is 0 Å². The van der Waals surface area contributed by atoms with Crippen molar-refractivity contribution < 1.29 is 9.59 Å². The van der Waals surface area contributed by atoms with Gasteiger partial charge >= 0.3 is 0 Å². The number of pyridine rings is 1. The highest BCUT2D eigenvalue weighted by molar-refractivity contribution is 6.31. The fourth-order valence-corrected chi connectivity index (χ4v) is 3.39. The Kier molecular flexibility index (Phi) is 8.56. The number of halogens is 1. The molecule has 2 aromatic rings. The number of amides is 2. The third-order valence-corrected chi connectivity index (χ3v) is 4.88. The molecule has 5 nitrogen and oxygen atoms in total. The van der Waals surface area contributed by atoms with Gasteiger partial charge in [-0.05, 0) is 49.8 Å². The molecule has 1 aliphatic rings. The molecule has 3 rings (SSSR count). The zero-order valence-corrected chi connectivity index (χ0v) is 18.0. The van der Waals surface area contributed by atoms with E-state index in [2.05, 4.69) is 23.5 Å². The zero-order chi connectivity index (χ0) is 22.1. The van der Waals surface area contributed by atoms with Crippen LogP contribution in [0.3, 0.4) is 0 Å². The molecule has 1 aliphatic heterocycles. The summed E-state index contributed by atoms with van der Waals surface area (Å²) in [5.74, 6) is -0.467. The SMILES string of the molecule is C/C=C\C(=C/C)CN1C(=O)c2ccc(Cl)cc2NC(=O)C1Cc1ccccn1.C=C. The van der Waals surface area contributed by atoms with Crippen molar-refractivity contribution in [3.63, 3.8) is 0 Å². The van der Waals surface area contributed by atoms with E-state index in [4.69, 9.17) is 11.6 Å². The molecule has 1 atom stereocenters. The van der Waals surface area contributed by atoms with Gasteiger partial charge < -0.3 is 10.2 Å². The molecule has 1 aromatic carbocycles. The van der Waals surface area contributed by atoms with Gasteiger partial charge in [-0.25, -0.2) is 0 Å². The maximum atomic E-state index is 13.4. The van der Waals surface area contributed by atoms with Crippen LogP contribution < -0.4 is 5.32 Å². The molecule has 156 valence electrons. The second-order valence-corrected chi connectivity index (χ2v) is 6.95. The van der Waals surface area contributed by atoms with Crippen LogP contribution >= 0.6 is 11.6 Å². The van der Waals surface area contributed by atoms with Crippen LogP contribution in [0.15, 0.2) is 79.6 Å². The molecule has 1 aromatic heterocycles. The largest absolute Gasteiger partial charge is 0.323 e. The Labute approximate surface area is 182 Å². The Bertz CT molecular complexity index is 954. The molecule has 6 heteroatoms. The highest BCUT2D eigenvalue weighted by Crippen LogP contribution is 2.28. The normalized spacial score (nSPS) is 16.4. The molecule has 0 saturated heterocycles. The number of anilines is 1. The van der Waals surface area contributed by atoms with Crippen LogP contribution in [0, 0.1) is 0 Å². The van der Waals surface area contributed by atoms with Crippen molar-refractivity contribution in [2.75, 3.05) is 11.9 Å². The highest BCUT2D eigenvalue weighted by Gasteiger charge is 2.35. The summed E-state index contributed by atoms with van der Waals surface area (Å²) in [6.07, 6.45) is 7.81. The number of carbonyl (C=O) groups is 2. The number of hydrogen-bond acceptors (Lipinski definition) is 3. The van der Waals surface area contributed by atoms with E-state index in [1.165, 1.54) is 0 Å². The molecular weight excluding hydrogens is 398 g/mol. The second-order valence-electron chi connectivity index (χ2n) is 6.52. The van der Waals surface area contributed by atoms with Crippen molar-refractivity contribution in [3.8, 4) is 0 Å². The summed E-state index contributed by atoms with van der Waals surface area (Å²) < 4.78 is 0. The Morgan fingerprint density at radius 3 is 2.63 bits per heavy atom. The van der Waals surface area contributed by atoms with E-state index in [0.717, 1.165) is 11.3 Å². The molecule has 2 amide bonds. The van der Waals surface area contributed by atoms with Gasteiger partial charge in [-0.1, -0.05) is 35.9 Å². The third kappa shape index (κ3) is 5.45. The lowest BCUT2D eigenvalue weighted by molar-refractivity contribution is -0.120. The van der Waals surface area contributed by atoms with Crippen LogP contribution in [0.4, 0.5) is 5.69 Å². The van der Waals surface area contributed by atoms with Gasteiger partial charge in [0, 0.05) is 29.9 Å². The number of rotatable bonds is 5. The Morgan fingerprint density at radius 2 is 2.00 bits per heavy atom. The predicted octanol–water partition coefficient (Wildman–Crippen LogP) is 5.07. The van der Waals surface area contributed by atoms with Crippen LogP contribution in [-0.4, -0.2) is 34.3 Å². The molecule has 0 aliphatic carbocycles. The molecule has 0 saturated carbocycles. The van der Waals surface area contributed by atoms with Gasteiger partial charge in [0.25, 0.3) is 5.91 Å². The van der Waals surface area contributed by atoms with E-state index in [1.54, 1.807) is 29.3 Å². The van der Waals surface area contributed by atoms with Crippen LogP contribution in [0.1, 0.15) is 29.9 Å². The lowest BCUT2D eigenvalue weighted by Crippen LogP contribution is -2.47. The predicted molar refractivity (Wildman–Crippen MR) is 123 cm³/mol. The van der Waals surface area contributed by atoms with E-state index < -0.39 is 6.04 Å². The van der Waals surface area contributed by atoms with Crippen molar-refractivity contribution in [1.82, 2.24) is 9.88 Å². The number of fused-ring (bicyclic) bond motifs is 1. The Hall–Kier alpha value is -3.18. The molecule has 0 fully saturated rings. The number of benzene rings is 1. The first kappa shape index (κ1) is 23.1. The minimum Gasteiger partial charge on any atom is -0.323 e. The lowest BCUT2D eigenvalue weighted by Gasteiger charge is -2.29. The van der Waals surface area contributed by atoms with Gasteiger partial charge in [-0.15, -0.1) is 13.2 Å². The molecule has 1 unspecified atom stereocenters. The minimum absolute atomic E-state index is 0.213. The van der Waals surface area contributed by atoms with Gasteiger partial charge in [0.15, 0.2) is 0 Å². The fourth-order valence-electron chi connectivity index (χ4n) is 3.21. The molecular formula is C24H26ClN3O2. The molecule has 0 radical (unpaired) electrons. The third-order valence-electron chi connectivity index (χ3n) is 4.64. The van der Waals surface area contributed by atoms with Crippen LogP contribution in [-0.2, 0) is 11.2 Å². The monoisotopic (exact) mass is 423 g/mol. The summed E-state index contributed by atoms with van der Waals surface area (Å²) in [5.41, 5.74) is 2.56. The number of allylic oxidation sites excluding steroid dienone is 2. The summed E-state index contributed by atoms with van der Waals surface area (Å²) in [7, 11) is 0. The maximum Gasteiger partial charge on any atom is 0.256 e. The molecule has 2 heterocycles. The van der Waals surface area contributed by atoms with Gasteiger partial charge in [-0.3, -0.25) is 14.6 Å². The van der Waals surface area contributed by atoms with Crippen molar-refractivity contribution in [2.45, 2.75) is 26.3 Å². The topological polar surface area (TPSA) is 62.3 Å². The van der Waals surface area contributed by atoms with Crippen LogP contribution in [0.2, 0.25) is 5.02 Å². The number of hydrogen-bond donors (Lipinski definition) is 1. The average molecular weight is 424 g/mol. The van der Waals surface area contributed by atoms with E-state index >= 15 is 0 Å². The number of aromatic nitrogens is 1. The first-order valence-electron chi connectivity index (χ1n) is 9.62. The number of carbonyl (C=O) groups excluding carboxylic acids is 2. The first-order chi connectivity index (χ1) is 14.5. The van der Waals surface area contributed by atoms with Crippen molar-refractivity contribution >= 4 is 29.1 Å². The van der Waals surface area contributed by atoms with E-state index in [9.17, 15) is 9.59 Å². The summed E-state index contributed by atoms with van der Waals surface area (Å²) in [5, 5.41) is 3.33. The summed E-state index contributed by atoms with van der Waals surface area (Å²) in [6.45, 7) is 10.2. The zero-order valence-electron chi connectivity index (χ0n) is 17.3. The van der Waals surface area contributed by atoms with Crippen molar-refractivity contribution in [3.05, 3.63) is 95.8 Å². The van der Waals surface area contributed by atoms with Gasteiger partial charge in [0.1, 0.15) is 6.04 Å². The van der Waals surface area contributed by atoms with E-state index in [-0.39, 0.29) is 11.8 Å². The maximum absolute atomic E-state index is 13.4. The summed E-state index contributed by atoms with van der Waals surface area (Å²) in [6, 6.07) is 9.78. The Balaban J connectivity index is 0.00000155. The molecule has 30 heavy (non-hydrogen) atoms. The minimum atomic E-state index is -0.686. The second kappa shape index (κ2) is 11.1. The number of nitrogens with one attached hydrogen (secondary N) is 1. The van der Waals surface area contributed by atoms with E-state index in [0.29, 0.717) is 29.2 Å². The fraction of sp³-hybridized carbons (Fsp3) is 0.208. The highest BCUT2D eigenvalue weighted by atomic mass is 35.5. The lowest BCUT2D eigenvalue weighted by atomic mass is 10.1. The van der Waals surface area contributed by atoms with Gasteiger partial charge in [0.05, 0.1) is 11.3 Å². The van der Waals surface area contributed by atoms with E-state index in [1.807, 2.05) is 50.3 Å². The molecule has 0 bridgehead atoms. The average Bonchev–Trinajstić information content (AvgIpc) is 2.85. The van der Waals surface area contributed by atoms with Gasteiger partial charge in [-0.2, -0.15) is 0 Å². The Morgan fingerprint density at radius 1 is 1.23 bits per heavy atom. The first-order valence-corrected chi connectivity index (χ1v) is 10.0. The summed E-state index contributed by atoms with van der Waals surface area (Å²) >= 11 is 6.07. The van der Waals surface area contributed by atoms with Crippen LogP contribution in [0.5, 0.6) is 0 Å². The number of nitrogens with zero attached hydrogens (tertiary/aromatic N) is 2. The summed E-state index contributed by atoms with van der Waals surface area (Å²) in [4.78, 5) is 32.4. The standard InChI is InChI=1S/C22H22ClN3O2.C2H4/c1-3-7-15(4-2)14-26-20(13-17-8-5-6-11-24-17)21(27)25-19-12-16(23)9-10-18(19)22(26)28;1-2/h3-12,20H,13-14H2,1-2H3,(H,25,27);1-2H2/b7-3-,15-4+;. The van der Waals surface area contributed by atoms with Crippen molar-refractivity contribution in [2.24, 2.45) is 0 Å². The molecule has 1 N–H and O–H groups in total.